The van der Waals surface area contributed by atoms with E-state index < -0.39 is 0 Å². The van der Waals surface area contributed by atoms with E-state index in [-0.39, 0.29) is 5.97 Å². The van der Waals surface area contributed by atoms with Crippen molar-refractivity contribution < 1.29 is 9.53 Å². The van der Waals surface area contributed by atoms with Gasteiger partial charge in [-0.25, -0.2) is 4.79 Å². The standard InChI is InChI=1S/C18H19NO2/c1-4-21-18(20)16-10-19-17-14-7-5-6-12(11(2)3)8-13(14)9-15(16)17/h5-11,19H,4H2,1-3H3. The van der Waals surface area contributed by atoms with Crippen LogP contribution in [-0.4, -0.2) is 17.6 Å². The van der Waals surface area contributed by atoms with Crippen molar-refractivity contribution in [3.8, 4) is 11.1 Å². The minimum absolute atomic E-state index is 0.271. The van der Waals surface area contributed by atoms with Crippen LogP contribution in [0.1, 0.15) is 42.6 Å². The summed E-state index contributed by atoms with van der Waals surface area (Å²) >= 11 is 0. The smallest absolute Gasteiger partial charge is 0.340 e. The molecule has 2 aliphatic rings. The minimum atomic E-state index is -0.271. The van der Waals surface area contributed by atoms with Crippen LogP contribution in [0.3, 0.4) is 0 Å². The van der Waals surface area contributed by atoms with Crippen LogP contribution >= 0.6 is 0 Å². The predicted octanol–water partition coefficient (Wildman–Crippen LogP) is 4.57. The molecule has 3 rings (SSSR count). The van der Waals surface area contributed by atoms with Crippen LogP contribution in [0.5, 0.6) is 0 Å². The summed E-state index contributed by atoms with van der Waals surface area (Å²) in [7, 11) is 0. The van der Waals surface area contributed by atoms with Crippen molar-refractivity contribution in [3.63, 3.8) is 0 Å². The second-order valence-electron chi connectivity index (χ2n) is 5.55. The maximum Gasteiger partial charge on any atom is 0.340 e. The molecule has 0 saturated carbocycles. The Balaban J connectivity index is 2.20. The van der Waals surface area contributed by atoms with E-state index in [1.165, 1.54) is 5.56 Å². The molecule has 3 nitrogen and oxygen atoms in total. The zero-order valence-corrected chi connectivity index (χ0v) is 12.6. The van der Waals surface area contributed by atoms with Gasteiger partial charge in [-0.2, -0.15) is 0 Å². The van der Waals surface area contributed by atoms with Gasteiger partial charge in [0.05, 0.1) is 17.7 Å². The Bertz CT molecular complexity index is 770. The maximum atomic E-state index is 12.0. The molecule has 2 aliphatic carbocycles. The number of ether oxygens (including phenoxy) is 1. The van der Waals surface area contributed by atoms with Crippen molar-refractivity contribution >= 4 is 16.9 Å². The molecule has 0 atom stereocenters. The molecule has 0 radical (unpaired) electrons. The Morgan fingerprint density at radius 2 is 2.10 bits per heavy atom. The lowest BCUT2D eigenvalue weighted by Crippen LogP contribution is -2.03. The average Bonchev–Trinajstić information content (AvgIpc) is 2.91. The van der Waals surface area contributed by atoms with Crippen molar-refractivity contribution in [1.29, 1.82) is 0 Å². The largest absolute Gasteiger partial charge is 0.462 e. The molecule has 3 heteroatoms. The first-order valence-electron chi connectivity index (χ1n) is 7.32. The number of fused-ring (bicyclic) bond motifs is 3. The summed E-state index contributed by atoms with van der Waals surface area (Å²) in [6.45, 7) is 6.57. The van der Waals surface area contributed by atoms with Crippen LogP contribution in [-0.2, 0) is 4.74 Å². The van der Waals surface area contributed by atoms with Crippen molar-refractivity contribution in [2.75, 3.05) is 6.61 Å². The Morgan fingerprint density at radius 1 is 1.29 bits per heavy atom. The molecular formula is C18H19NO2. The second kappa shape index (κ2) is 5.24. The van der Waals surface area contributed by atoms with E-state index in [1.54, 1.807) is 6.20 Å². The van der Waals surface area contributed by atoms with E-state index in [4.69, 9.17) is 4.74 Å². The molecule has 0 aromatic carbocycles. The van der Waals surface area contributed by atoms with Crippen LogP contribution < -0.4 is 0 Å². The Labute approximate surface area is 124 Å². The zero-order valence-electron chi connectivity index (χ0n) is 12.6. The summed E-state index contributed by atoms with van der Waals surface area (Å²) in [5.74, 6) is 0.200. The molecule has 21 heavy (non-hydrogen) atoms. The van der Waals surface area contributed by atoms with Crippen molar-refractivity contribution in [2.45, 2.75) is 26.7 Å². The van der Waals surface area contributed by atoms with E-state index in [9.17, 15) is 4.79 Å². The van der Waals surface area contributed by atoms with Gasteiger partial charge in [-0.3, -0.25) is 0 Å². The third kappa shape index (κ3) is 2.29. The highest BCUT2D eigenvalue weighted by Crippen LogP contribution is 2.36. The van der Waals surface area contributed by atoms with Crippen LogP contribution in [0.15, 0.2) is 36.5 Å². The fraction of sp³-hybridized carbons (Fsp3) is 0.278. The fourth-order valence-electron chi connectivity index (χ4n) is 2.70. The first kappa shape index (κ1) is 13.7. The zero-order chi connectivity index (χ0) is 15.0. The number of rotatable bonds is 3. The SMILES string of the molecule is CCOC(=O)c1c[nH]c2c3cccc(C(C)C)cc-3cc12. The molecular weight excluding hydrogens is 262 g/mol. The Hall–Kier alpha value is -2.29. The van der Waals surface area contributed by atoms with E-state index >= 15 is 0 Å². The molecule has 1 aromatic heterocycles. The van der Waals surface area contributed by atoms with Gasteiger partial charge in [0, 0.05) is 17.1 Å². The number of aromatic amines is 1. The van der Waals surface area contributed by atoms with Gasteiger partial charge >= 0.3 is 5.97 Å². The van der Waals surface area contributed by atoms with Gasteiger partial charge in [-0.1, -0.05) is 38.1 Å². The first-order valence-corrected chi connectivity index (χ1v) is 7.32. The lowest BCUT2D eigenvalue weighted by atomic mass is 10.0. The monoisotopic (exact) mass is 281 g/mol. The molecule has 1 aromatic rings. The van der Waals surface area contributed by atoms with Crippen LogP contribution in [0.4, 0.5) is 0 Å². The average molecular weight is 281 g/mol. The number of H-pyrrole nitrogens is 1. The van der Waals surface area contributed by atoms with Gasteiger partial charge in [0.2, 0.25) is 0 Å². The molecule has 108 valence electrons. The molecule has 0 unspecified atom stereocenters. The molecule has 0 fully saturated rings. The number of carbonyl (C=O) groups is 1. The summed E-state index contributed by atoms with van der Waals surface area (Å²) in [5.41, 5.74) is 5.18. The second-order valence-corrected chi connectivity index (χ2v) is 5.55. The number of aromatic nitrogens is 1. The van der Waals surface area contributed by atoms with Crippen LogP contribution in [0.2, 0.25) is 0 Å². The summed E-state index contributed by atoms with van der Waals surface area (Å²) in [5, 5.41) is 0.935. The van der Waals surface area contributed by atoms with Crippen molar-refractivity contribution in [2.24, 2.45) is 0 Å². The lowest BCUT2D eigenvalue weighted by molar-refractivity contribution is 0.0529. The third-order valence-corrected chi connectivity index (χ3v) is 3.84. The van der Waals surface area contributed by atoms with E-state index in [1.807, 2.05) is 6.92 Å². The summed E-state index contributed by atoms with van der Waals surface area (Å²) in [4.78, 5) is 15.2. The van der Waals surface area contributed by atoms with Crippen molar-refractivity contribution in [3.05, 3.63) is 47.7 Å². The Kier molecular flexibility index (Phi) is 3.42. The summed E-state index contributed by atoms with van der Waals surface area (Å²) < 4.78 is 5.11. The molecule has 0 spiro atoms. The topological polar surface area (TPSA) is 42.1 Å². The van der Waals surface area contributed by atoms with Gasteiger partial charge in [0.1, 0.15) is 0 Å². The van der Waals surface area contributed by atoms with Crippen LogP contribution in [0, 0.1) is 0 Å². The molecule has 1 heterocycles. The van der Waals surface area contributed by atoms with Crippen molar-refractivity contribution in [1.82, 2.24) is 4.98 Å². The molecule has 0 saturated heterocycles. The normalized spacial score (nSPS) is 11.4. The van der Waals surface area contributed by atoms with Crippen LogP contribution in [0.25, 0.3) is 22.0 Å². The molecule has 0 aliphatic heterocycles. The first-order chi connectivity index (χ1) is 10.1. The third-order valence-electron chi connectivity index (χ3n) is 3.84. The lowest BCUT2D eigenvalue weighted by Gasteiger charge is -2.01. The molecule has 0 bridgehead atoms. The van der Waals surface area contributed by atoms with Gasteiger partial charge in [-0.15, -0.1) is 0 Å². The highest BCUT2D eigenvalue weighted by molar-refractivity contribution is 6.11. The quantitative estimate of drug-likeness (QED) is 0.714. The van der Waals surface area contributed by atoms with E-state index in [0.29, 0.717) is 18.1 Å². The molecule has 1 N–H and O–H groups in total. The van der Waals surface area contributed by atoms with E-state index in [2.05, 4.69) is 49.2 Å². The van der Waals surface area contributed by atoms with Gasteiger partial charge in [-0.05, 0) is 30.0 Å². The minimum Gasteiger partial charge on any atom is -0.462 e. The fourth-order valence-corrected chi connectivity index (χ4v) is 2.70. The Morgan fingerprint density at radius 3 is 2.81 bits per heavy atom. The number of carbonyl (C=O) groups excluding carboxylic acids is 1. The summed E-state index contributed by atoms with van der Waals surface area (Å²) in [6.07, 6.45) is 1.73. The van der Waals surface area contributed by atoms with E-state index in [0.717, 1.165) is 22.0 Å². The van der Waals surface area contributed by atoms with Gasteiger partial charge < -0.3 is 9.72 Å². The number of hydrogen-bond donors (Lipinski definition) is 1. The van der Waals surface area contributed by atoms with Gasteiger partial charge in [0.25, 0.3) is 0 Å². The molecule has 0 amide bonds. The van der Waals surface area contributed by atoms with Gasteiger partial charge in [0.15, 0.2) is 0 Å². The number of esters is 1. The summed E-state index contributed by atoms with van der Waals surface area (Å²) in [6, 6.07) is 10.6. The number of nitrogens with one attached hydrogen (secondary N) is 1. The maximum absolute atomic E-state index is 12.0. The highest BCUT2D eigenvalue weighted by Gasteiger charge is 2.18. The predicted molar refractivity (Wildman–Crippen MR) is 85.0 cm³/mol. The number of hydrogen-bond acceptors (Lipinski definition) is 2. The highest BCUT2D eigenvalue weighted by atomic mass is 16.5.